The summed E-state index contributed by atoms with van der Waals surface area (Å²) in [6.45, 7) is 1.64. The van der Waals surface area contributed by atoms with Crippen LogP contribution in [0.5, 0.6) is 0 Å². The number of carbonyl (C=O) groups is 1. The van der Waals surface area contributed by atoms with Crippen LogP contribution in [0.4, 0.5) is 0 Å². The van der Waals surface area contributed by atoms with Crippen LogP contribution in [0.1, 0.15) is 25.7 Å². The van der Waals surface area contributed by atoms with Gasteiger partial charge in [-0.2, -0.15) is 0 Å². The number of carbonyl (C=O) groups excluding carboxylic acids is 1. The Morgan fingerprint density at radius 3 is 2.75 bits per heavy atom. The van der Waals surface area contributed by atoms with Gasteiger partial charge in [0.05, 0.1) is 25.4 Å². The maximum Gasteiger partial charge on any atom is 0.251 e. The van der Waals surface area contributed by atoms with E-state index in [1.807, 2.05) is 0 Å². The molecule has 1 aliphatic heterocycles. The van der Waals surface area contributed by atoms with Crippen LogP contribution in [0.3, 0.4) is 0 Å². The molecule has 0 spiro atoms. The zero-order valence-electron chi connectivity index (χ0n) is 9.41. The molecule has 0 radical (unpaired) electrons. The minimum Gasteiger partial charge on any atom is -0.388 e. The Morgan fingerprint density at radius 2 is 2.12 bits per heavy atom. The molecule has 16 heavy (non-hydrogen) atoms. The molecule has 0 aromatic rings. The summed E-state index contributed by atoms with van der Waals surface area (Å²) in [4.78, 5) is 11.7. The lowest BCUT2D eigenvalue weighted by Crippen LogP contribution is -2.48. The van der Waals surface area contributed by atoms with Gasteiger partial charge in [-0.1, -0.05) is 12.8 Å². The van der Waals surface area contributed by atoms with Crippen LogP contribution in [-0.2, 0) is 14.3 Å². The molecule has 1 amide bonds. The molecule has 1 unspecified atom stereocenters. The summed E-state index contributed by atoms with van der Waals surface area (Å²) < 4.78 is 10.4. The molecular formula is C11H19NO4. The molecule has 5 heteroatoms. The molecule has 1 saturated heterocycles. The van der Waals surface area contributed by atoms with E-state index in [0.717, 1.165) is 25.7 Å². The molecule has 0 aromatic heterocycles. The first kappa shape index (κ1) is 11.8. The van der Waals surface area contributed by atoms with Crippen molar-refractivity contribution in [2.75, 3.05) is 26.4 Å². The van der Waals surface area contributed by atoms with Crippen LogP contribution < -0.4 is 5.32 Å². The van der Waals surface area contributed by atoms with Crippen molar-refractivity contribution in [2.24, 2.45) is 0 Å². The number of aliphatic hydroxyl groups is 1. The predicted octanol–water partition coefficient (Wildman–Crippen LogP) is -0.177. The van der Waals surface area contributed by atoms with Crippen molar-refractivity contribution in [2.45, 2.75) is 37.4 Å². The van der Waals surface area contributed by atoms with Crippen molar-refractivity contribution < 1.29 is 19.4 Å². The topological polar surface area (TPSA) is 67.8 Å². The van der Waals surface area contributed by atoms with Gasteiger partial charge in [0.25, 0.3) is 5.91 Å². The Bertz CT molecular complexity index is 244. The highest BCUT2D eigenvalue weighted by Crippen LogP contribution is 2.28. The highest BCUT2D eigenvalue weighted by molar-refractivity contribution is 5.81. The zero-order valence-corrected chi connectivity index (χ0v) is 9.41. The van der Waals surface area contributed by atoms with Gasteiger partial charge in [-0.25, -0.2) is 0 Å². The molecule has 92 valence electrons. The number of hydrogen-bond acceptors (Lipinski definition) is 4. The van der Waals surface area contributed by atoms with Gasteiger partial charge in [-0.3, -0.25) is 4.79 Å². The van der Waals surface area contributed by atoms with E-state index in [1.54, 1.807) is 0 Å². The van der Waals surface area contributed by atoms with E-state index in [2.05, 4.69) is 5.32 Å². The molecule has 1 saturated carbocycles. The molecule has 2 rings (SSSR count). The van der Waals surface area contributed by atoms with Crippen molar-refractivity contribution >= 4 is 5.91 Å². The summed E-state index contributed by atoms with van der Waals surface area (Å²) >= 11 is 0. The van der Waals surface area contributed by atoms with Crippen molar-refractivity contribution in [3.63, 3.8) is 0 Å². The molecule has 1 atom stereocenters. The van der Waals surface area contributed by atoms with E-state index < -0.39 is 11.7 Å². The second kappa shape index (κ2) is 5.12. The minimum atomic E-state index is -0.703. The van der Waals surface area contributed by atoms with E-state index >= 15 is 0 Å². The van der Waals surface area contributed by atoms with Crippen LogP contribution in [0.25, 0.3) is 0 Å². The van der Waals surface area contributed by atoms with E-state index in [0.29, 0.717) is 26.4 Å². The highest BCUT2D eigenvalue weighted by atomic mass is 16.6. The molecule has 1 heterocycles. The van der Waals surface area contributed by atoms with Gasteiger partial charge in [0, 0.05) is 6.54 Å². The van der Waals surface area contributed by atoms with E-state index in [9.17, 15) is 9.90 Å². The largest absolute Gasteiger partial charge is 0.388 e. The standard InChI is InChI=1S/C11H19NO4/c13-10(9-7-15-5-6-16-9)12-8-11(14)3-1-2-4-11/h9,14H,1-8H2,(H,12,13). The van der Waals surface area contributed by atoms with Crippen molar-refractivity contribution in [3.05, 3.63) is 0 Å². The molecular weight excluding hydrogens is 210 g/mol. The third-order valence-electron chi connectivity index (χ3n) is 3.23. The third-order valence-corrected chi connectivity index (χ3v) is 3.23. The van der Waals surface area contributed by atoms with Gasteiger partial charge in [-0.05, 0) is 12.8 Å². The summed E-state index contributed by atoms with van der Waals surface area (Å²) in [5.41, 5.74) is -0.703. The van der Waals surface area contributed by atoms with Crippen LogP contribution in [0.15, 0.2) is 0 Å². The van der Waals surface area contributed by atoms with Crippen molar-refractivity contribution in [1.82, 2.24) is 5.32 Å². The number of ether oxygens (including phenoxy) is 2. The van der Waals surface area contributed by atoms with Gasteiger partial charge in [-0.15, -0.1) is 0 Å². The van der Waals surface area contributed by atoms with Crippen molar-refractivity contribution in [1.29, 1.82) is 0 Å². The maximum atomic E-state index is 11.7. The van der Waals surface area contributed by atoms with Crippen LogP contribution in [-0.4, -0.2) is 49.1 Å². The van der Waals surface area contributed by atoms with Gasteiger partial charge < -0.3 is 19.9 Å². The quantitative estimate of drug-likeness (QED) is 0.704. The monoisotopic (exact) mass is 229 g/mol. The lowest BCUT2D eigenvalue weighted by atomic mass is 10.0. The van der Waals surface area contributed by atoms with Crippen LogP contribution >= 0.6 is 0 Å². The average Bonchev–Trinajstić information content (AvgIpc) is 2.75. The number of amides is 1. The smallest absolute Gasteiger partial charge is 0.251 e. The number of rotatable bonds is 3. The first-order valence-corrected chi connectivity index (χ1v) is 5.89. The van der Waals surface area contributed by atoms with Crippen LogP contribution in [0.2, 0.25) is 0 Å². The van der Waals surface area contributed by atoms with E-state index in [4.69, 9.17) is 9.47 Å². The second-order valence-corrected chi connectivity index (χ2v) is 4.58. The van der Waals surface area contributed by atoms with E-state index in [1.165, 1.54) is 0 Å². The molecule has 2 aliphatic rings. The molecule has 0 bridgehead atoms. The normalized spacial score (nSPS) is 28.9. The SMILES string of the molecule is O=C(NCC1(O)CCCC1)C1COCCO1. The Morgan fingerprint density at radius 1 is 1.38 bits per heavy atom. The summed E-state index contributed by atoms with van der Waals surface area (Å²) in [5.74, 6) is -0.181. The van der Waals surface area contributed by atoms with E-state index in [-0.39, 0.29) is 5.91 Å². The van der Waals surface area contributed by atoms with Crippen molar-refractivity contribution in [3.8, 4) is 0 Å². The fourth-order valence-corrected chi connectivity index (χ4v) is 2.21. The third kappa shape index (κ3) is 2.93. The Balaban J connectivity index is 1.74. The van der Waals surface area contributed by atoms with Gasteiger partial charge >= 0.3 is 0 Å². The second-order valence-electron chi connectivity index (χ2n) is 4.58. The average molecular weight is 229 g/mol. The maximum absolute atomic E-state index is 11.7. The van der Waals surface area contributed by atoms with Gasteiger partial charge in [0.1, 0.15) is 0 Å². The summed E-state index contributed by atoms with van der Waals surface area (Å²) in [6.07, 6.45) is 3.11. The Hall–Kier alpha value is -0.650. The highest BCUT2D eigenvalue weighted by Gasteiger charge is 2.32. The first-order valence-electron chi connectivity index (χ1n) is 5.89. The zero-order chi connectivity index (χ0) is 11.4. The van der Waals surface area contributed by atoms with Gasteiger partial charge in [0.15, 0.2) is 6.10 Å². The summed E-state index contributed by atoms with van der Waals surface area (Å²) in [7, 11) is 0. The Kier molecular flexibility index (Phi) is 3.78. The molecule has 5 nitrogen and oxygen atoms in total. The fourth-order valence-electron chi connectivity index (χ4n) is 2.21. The predicted molar refractivity (Wildman–Crippen MR) is 57.0 cm³/mol. The minimum absolute atomic E-state index is 0.181. The van der Waals surface area contributed by atoms with Gasteiger partial charge in [0.2, 0.25) is 0 Å². The molecule has 2 fully saturated rings. The first-order chi connectivity index (χ1) is 7.70. The number of nitrogens with one attached hydrogen (secondary N) is 1. The number of hydrogen-bond donors (Lipinski definition) is 2. The molecule has 1 aliphatic carbocycles. The molecule has 2 N–H and O–H groups in total. The van der Waals surface area contributed by atoms with Crippen LogP contribution in [0, 0.1) is 0 Å². The Labute approximate surface area is 95.1 Å². The summed E-state index contributed by atoms with van der Waals surface area (Å²) in [5, 5.41) is 12.8. The lowest BCUT2D eigenvalue weighted by Gasteiger charge is -2.26. The summed E-state index contributed by atoms with van der Waals surface area (Å²) in [6, 6.07) is 0. The molecule has 0 aromatic carbocycles. The fraction of sp³-hybridized carbons (Fsp3) is 0.909. The lowest BCUT2D eigenvalue weighted by molar-refractivity contribution is -0.148.